The standard InChI is InChI=1S/C9H20O3.3C4H6O2/c1-8(2,3)4-9(5-10,6-11)7-12;3*1-3(2)4(5)6/h10-12H,4-7H2,1-3H3;3*1H2,2H3,(H,5,6). The van der Waals surface area contributed by atoms with Crippen molar-refractivity contribution in [2.45, 2.75) is 48.0 Å². The summed E-state index contributed by atoms with van der Waals surface area (Å²) in [5, 5.41) is 50.7. The molecule has 0 heterocycles. The van der Waals surface area contributed by atoms with Crippen LogP contribution in [0.15, 0.2) is 36.5 Å². The first-order chi connectivity index (χ1) is 13.3. The van der Waals surface area contributed by atoms with Crippen LogP contribution in [0, 0.1) is 10.8 Å². The van der Waals surface area contributed by atoms with E-state index in [0.717, 1.165) is 0 Å². The minimum atomic E-state index is -0.935. The van der Waals surface area contributed by atoms with Crippen molar-refractivity contribution in [1.82, 2.24) is 0 Å². The van der Waals surface area contributed by atoms with E-state index < -0.39 is 23.3 Å². The first kappa shape index (κ1) is 35.0. The third kappa shape index (κ3) is 25.5. The average molecular weight is 435 g/mol. The Bertz CT molecular complexity index is 478. The van der Waals surface area contributed by atoms with Crippen molar-refractivity contribution in [2.24, 2.45) is 10.8 Å². The number of carboxylic acids is 3. The van der Waals surface area contributed by atoms with Crippen LogP contribution in [0.4, 0.5) is 0 Å². The Kier molecular flexibility index (Phi) is 20.3. The van der Waals surface area contributed by atoms with E-state index in [-0.39, 0.29) is 42.0 Å². The molecule has 0 aromatic heterocycles. The van der Waals surface area contributed by atoms with E-state index in [1.165, 1.54) is 20.8 Å². The maximum Gasteiger partial charge on any atom is 0.330 e. The van der Waals surface area contributed by atoms with Crippen molar-refractivity contribution in [3.05, 3.63) is 36.5 Å². The highest BCUT2D eigenvalue weighted by Gasteiger charge is 2.32. The molecule has 0 aliphatic carbocycles. The van der Waals surface area contributed by atoms with Gasteiger partial charge < -0.3 is 30.6 Å². The van der Waals surface area contributed by atoms with Crippen molar-refractivity contribution in [2.75, 3.05) is 19.8 Å². The molecule has 0 fully saturated rings. The number of aliphatic hydroxyl groups is 3. The molecule has 6 N–H and O–H groups in total. The van der Waals surface area contributed by atoms with Gasteiger partial charge in [0.15, 0.2) is 0 Å². The van der Waals surface area contributed by atoms with Crippen molar-refractivity contribution in [1.29, 1.82) is 0 Å². The summed E-state index contributed by atoms with van der Waals surface area (Å²) in [7, 11) is 0. The lowest BCUT2D eigenvalue weighted by atomic mass is 9.75. The zero-order valence-corrected chi connectivity index (χ0v) is 18.9. The lowest BCUT2D eigenvalue weighted by Gasteiger charge is -2.34. The second-order valence-electron chi connectivity index (χ2n) is 7.97. The molecule has 9 nitrogen and oxygen atoms in total. The molecule has 0 saturated carbocycles. The Morgan fingerprint density at radius 2 is 0.800 bits per heavy atom. The van der Waals surface area contributed by atoms with Crippen LogP contribution in [-0.2, 0) is 14.4 Å². The largest absolute Gasteiger partial charge is 0.478 e. The molecule has 0 saturated heterocycles. The summed E-state index contributed by atoms with van der Waals surface area (Å²) in [6, 6.07) is 0. The van der Waals surface area contributed by atoms with E-state index in [1.807, 2.05) is 20.8 Å². The van der Waals surface area contributed by atoms with Gasteiger partial charge in [-0.1, -0.05) is 40.5 Å². The second kappa shape index (κ2) is 17.4. The third-order valence-corrected chi connectivity index (χ3v) is 3.01. The van der Waals surface area contributed by atoms with Gasteiger partial charge in [-0.05, 0) is 32.6 Å². The zero-order valence-electron chi connectivity index (χ0n) is 18.9. The van der Waals surface area contributed by atoms with Gasteiger partial charge in [0, 0.05) is 22.1 Å². The summed E-state index contributed by atoms with van der Waals surface area (Å²) in [4.78, 5) is 28.8. The first-order valence-electron chi connectivity index (χ1n) is 8.81. The number of rotatable bonds is 7. The molecule has 0 aromatic carbocycles. The highest BCUT2D eigenvalue weighted by atomic mass is 16.4. The van der Waals surface area contributed by atoms with Gasteiger partial charge in [-0.3, -0.25) is 0 Å². The molecule has 0 spiro atoms. The maximum atomic E-state index is 9.60. The third-order valence-electron chi connectivity index (χ3n) is 3.01. The number of aliphatic carboxylic acids is 3. The van der Waals surface area contributed by atoms with Crippen LogP contribution in [0.25, 0.3) is 0 Å². The van der Waals surface area contributed by atoms with Crippen molar-refractivity contribution < 1.29 is 45.0 Å². The predicted octanol–water partition coefficient (Wildman–Crippen LogP) is 2.33. The van der Waals surface area contributed by atoms with Crippen LogP contribution < -0.4 is 0 Å². The second-order valence-corrected chi connectivity index (χ2v) is 7.97. The Balaban J connectivity index is -0.000000161. The molecule has 0 amide bonds. The van der Waals surface area contributed by atoms with E-state index in [9.17, 15) is 14.4 Å². The molecule has 0 atom stereocenters. The van der Waals surface area contributed by atoms with Gasteiger partial charge in [0.25, 0.3) is 0 Å². The van der Waals surface area contributed by atoms with Gasteiger partial charge in [-0.15, -0.1) is 0 Å². The van der Waals surface area contributed by atoms with Gasteiger partial charge >= 0.3 is 17.9 Å². The molecular formula is C21H38O9. The van der Waals surface area contributed by atoms with Gasteiger partial charge in [-0.2, -0.15) is 0 Å². The highest BCUT2D eigenvalue weighted by Crippen LogP contribution is 2.32. The van der Waals surface area contributed by atoms with Crippen LogP contribution in [0.5, 0.6) is 0 Å². The summed E-state index contributed by atoms with van der Waals surface area (Å²) in [6.45, 7) is 19.3. The van der Waals surface area contributed by atoms with Crippen molar-refractivity contribution in [3.8, 4) is 0 Å². The van der Waals surface area contributed by atoms with E-state index >= 15 is 0 Å². The van der Waals surface area contributed by atoms with Crippen LogP contribution >= 0.6 is 0 Å². The number of aliphatic hydroxyl groups excluding tert-OH is 3. The van der Waals surface area contributed by atoms with Gasteiger partial charge in [0.05, 0.1) is 19.8 Å². The van der Waals surface area contributed by atoms with Crippen LogP contribution in [0.2, 0.25) is 0 Å². The number of carbonyl (C=O) groups is 3. The lowest BCUT2D eigenvalue weighted by molar-refractivity contribution is -0.133. The Morgan fingerprint density at radius 3 is 0.833 bits per heavy atom. The summed E-state index contributed by atoms with van der Waals surface area (Å²) in [5.41, 5.74) is -0.188. The Morgan fingerprint density at radius 1 is 0.633 bits per heavy atom. The van der Waals surface area contributed by atoms with Crippen LogP contribution in [0.3, 0.4) is 0 Å². The molecule has 0 aliphatic heterocycles. The molecule has 0 aliphatic rings. The summed E-state index contributed by atoms with van der Waals surface area (Å²) < 4.78 is 0. The topological polar surface area (TPSA) is 173 Å². The smallest absolute Gasteiger partial charge is 0.330 e. The van der Waals surface area contributed by atoms with E-state index in [4.69, 9.17) is 30.6 Å². The number of carboxylic acid groups (broad SMARTS) is 3. The Hall–Kier alpha value is -2.49. The number of hydrogen-bond donors (Lipinski definition) is 6. The molecule has 0 unspecified atom stereocenters. The van der Waals surface area contributed by atoms with Gasteiger partial charge in [-0.25, -0.2) is 14.4 Å². The molecule has 0 bridgehead atoms. The van der Waals surface area contributed by atoms with E-state index in [1.54, 1.807) is 0 Å². The van der Waals surface area contributed by atoms with Gasteiger partial charge in [0.1, 0.15) is 0 Å². The quantitative estimate of drug-likeness (QED) is 0.329. The monoisotopic (exact) mass is 434 g/mol. The first-order valence-corrected chi connectivity index (χ1v) is 8.81. The fraction of sp³-hybridized carbons (Fsp3) is 0.571. The van der Waals surface area contributed by atoms with E-state index in [0.29, 0.717) is 6.42 Å². The Labute approximate surface area is 178 Å². The molecule has 0 rings (SSSR count). The minimum Gasteiger partial charge on any atom is -0.478 e. The average Bonchev–Trinajstić information content (AvgIpc) is 2.60. The maximum absolute atomic E-state index is 9.60. The van der Waals surface area contributed by atoms with Crippen molar-refractivity contribution in [3.63, 3.8) is 0 Å². The molecule has 176 valence electrons. The van der Waals surface area contributed by atoms with Gasteiger partial charge in [0.2, 0.25) is 0 Å². The molecular weight excluding hydrogens is 396 g/mol. The summed E-state index contributed by atoms with van der Waals surface area (Å²) in [5.74, 6) is -2.81. The normalized spacial score (nSPS) is 9.90. The minimum absolute atomic E-state index is 0.00813. The predicted molar refractivity (Wildman–Crippen MR) is 115 cm³/mol. The number of hydrogen-bond acceptors (Lipinski definition) is 6. The summed E-state index contributed by atoms with van der Waals surface area (Å²) >= 11 is 0. The zero-order chi connectivity index (χ0) is 25.3. The van der Waals surface area contributed by atoms with Crippen LogP contribution in [0.1, 0.15) is 48.0 Å². The SMILES string of the molecule is C=C(C)C(=O)O.C=C(C)C(=O)O.C=C(C)C(=O)O.CC(C)(C)CC(CO)(CO)CO. The summed E-state index contributed by atoms with van der Waals surface area (Å²) in [6.07, 6.45) is 0.615. The van der Waals surface area contributed by atoms with Crippen LogP contribution in [-0.4, -0.2) is 68.4 Å². The lowest BCUT2D eigenvalue weighted by Crippen LogP contribution is -2.37. The molecule has 0 radical (unpaired) electrons. The molecule has 30 heavy (non-hydrogen) atoms. The van der Waals surface area contributed by atoms with Crippen molar-refractivity contribution >= 4 is 17.9 Å². The fourth-order valence-corrected chi connectivity index (χ4v) is 1.44. The molecule has 0 aromatic rings. The molecule has 9 heteroatoms. The fourth-order valence-electron chi connectivity index (χ4n) is 1.44. The van der Waals surface area contributed by atoms with E-state index in [2.05, 4.69) is 19.7 Å². The highest BCUT2D eigenvalue weighted by molar-refractivity contribution is 5.85.